The molecule has 1 aromatic rings. The lowest BCUT2D eigenvalue weighted by Gasteiger charge is -2.14. The standard InChI is InChI=1S/C13H25N3/c1-12(2)6-4-8-14-13(3)7-11-16-10-5-9-15-16/h5,9-10,12-14H,4,6-8,11H2,1-3H3. The smallest absolute Gasteiger partial charge is 0.0489 e. The van der Waals surface area contributed by atoms with Gasteiger partial charge in [0.05, 0.1) is 0 Å². The normalized spacial score (nSPS) is 13.2. The summed E-state index contributed by atoms with van der Waals surface area (Å²) in [6.45, 7) is 8.95. The van der Waals surface area contributed by atoms with E-state index in [2.05, 4.69) is 31.2 Å². The van der Waals surface area contributed by atoms with Crippen LogP contribution in [0, 0.1) is 5.92 Å². The summed E-state index contributed by atoms with van der Waals surface area (Å²) >= 11 is 0. The molecule has 0 radical (unpaired) electrons. The van der Waals surface area contributed by atoms with Crippen LogP contribution in [0.5, 0.6) is 0 Å². The molecular formula is C13H25N3. The molecule has 0 aliphatic heterocycles. The summed E-state index contributed by atoms with van der Waals surface area (Å²) in [5.74, 6) is 0.821. The van der Waals surface area contributed by atoms with E-state index in [1.807, 2.05) is 23.1 Å². The third-order valence-electron chi connectivity index (χ3n) is 2.80. The van der Waals surface area contributed by atoms with Crippen molar-refractivity contribution in [3.63, 3.8) is 0 Å². The maximum atomic E-state index is 4.20. The minimum atomic E-state index is 0.580. The molecule has 1 aromatic heterocycles. The average molecular weight is 223 g/mol. The van der Waals surface area contributed by atoms with Gasteiger partial charge in [-0.2, -0.15) is 5.10 Å². The maximum absolute atomic E-state index is 4.20. The molecule has 16 heavy (non-hydrogen) atoms. The van der Waals surface area contributed by atoms with Crippen molar-refractivity contribution >= 4 is 0 Å². The number of aromatic nitrogens is 2. The first-order chi connectivity index (χ1) is 7.68. The third-order valence-corrected chi connectivity index (χ3v) is 2.80. The highest BCUT2D eigenvalue weighted by Gasteiger charge is 2.01. The first-order valence-electron chi connectivity index (χ1n) is 6.39. The number of hydrogen-bond acceptors (Lipinski definition) is 2. The van der Waals surface area contributed by atoms with Crippen molar-refractivity contribution in [2.45, 2.75) is 52.6 Å². The fourth-order valence-electron chi connectivity index (χ4n) is 1.72. The second-order valence-electron chi connectivity index (χ2n) is 4.95. The van der Waals surface area contributed by atoms with Crippen molar-refractivity contribution in [2.24, 2.45) is 5.92 Å². The summed E-state index contributed by atoms with van der Waals surface area (Å²) in [5, 5.41) is 7.76. The largest absolute Gasteiger partial charge is 0.314 e. The summed E-state index contributed by atoms with van der Waals surface area (Å²) in [4.78, 5) is 0. The minimum Gasteiger partial charge on any atom is -0.314 e. The average Bonchev–Trinajstić information content (AvgIpc) is 2.74. The highest BCUT2D eigenvalue weighted by atomic mass is 15.3. The van der Waals surface area contributed by atoms with Crippen LogP contribution in [0.4, 0.5) is 0 Å². The molecule has 1 rings (SSSR count). The van der Waals surface area contributed by atoms with Crippen LogP contribution >= 0.6 is 0 Å². The predicted octanol–water partition coefficient (Wildman–Crippen LogP) is 2.69. The second-order valence-corrected chi connectivity index (χ2v) is 4.95. The zero-order valence-corrected chi connectivity index (χ0v) is 10.8. The van der Waals surface area contributed by atoms with Crippen LogP contribution in [0.2, 0.25) is 0 Å². The number of rotatable bonds is 8. The highest BCUT2D eigenvalue weighted by molar-refractivity contribution is 4.78. The van der Waals surface area contributed by atoms with Gasteiger partial charge in [0.1, 0.15) is 0 Å². The summed E-state index contributed by atoms with van der Waals surface area (Å²) in [5.41, 5.74) is 0. The van der Waals surface area contributed by atoms with Gasteiger partial charge >= 0.3 is 0 Å². The summed E-state index contributed by atoms with van der Waals surface area (Å²) in [7, 11) is 0. The Hall–Kier alpha value is -0.830. The Morgan fingerprint density at radius 2 is 2.06 bits per heavy atom. The summed E-state index contributed by atoms with van der Waals surface area (Å²) in [6.07, 6.45) is 7.60. The number of nitrogens with one attached hydrogen (secondary N) is 1. The maximum Gasteiger partial charge on any atom is 0.0489 e. The van der Waals surface area contributed by atoms with Crippen molar-refractivity contribution in [1.29, 1.82) is 0 Å². The topological polar surface area (TPSA) is 29.9 Å². The number of hydrogen-bond donors (Lipinski definition) is 1. The van der Waals surface area contributed by atoms with Gasteiger partial charge in [0, 0.05) is 25.0 Å². The Labute approximate surface area is 99.2 Å². The van der Waals surface area contributed by atoms with Gasteiger partial charge in [-0.1, -0.05) is 13.8 Å². The fraction of sp³-hybridized carbons (Fsp3) is 0.769. The van der Waals surface area contributed by atoms with Crippen molar-refractivity contribution in [1.82, 2.24) is 15.1 Å². The van der Waals surface area contributed by atoms with Crippen LogP contribution < -0.4 is 5.32 Å². The molecule has 1 unspecified atom stereocenters. The van der Waals surface area contributed by atoms with E-state index >= 15 is 0 Å². The molecule has 3 nitrogen and oxygen atoms in total. The van der Waals surface area contributed by atoms with E-state index in [0.29, 0.717) is 6.04 Å². The fourth-order valence-corrected chi connectivity index (χ4v) is 1.72. The molecule has 0 spiro atoms. The van der Waals surface area contributed by atoms with Gasteiger partial charge in [-0.05, 0) is 44.7 Å². The molecule has 1 heterocycles. The molecule has 0 aromatic carbocycles. The minimum absolute atomic E-state index is 0.580. The first-order valence-corrected chi connectivity index (χ1v) is 6.39. The molecule has 92 valence electrons. The number of aryl methyl sites for hydroxylation is 1. The van der Waals surface area contributed by atoms with Crippen LogP contribution in [0.25, 0.3) is 0 Å². The van der Waals surface area contributed by atoms with E-state index in [1.165, 1.54) is 12.8 Å². The zero-order valence-electron chi connectivity index (χ0n) is 10.8. The molecular weight excluding hydrogens is 198 g/mol. The molecule has 0 aliphatic carbocycles. The third kappa shape index (κ3) is 5.91. The zero-order chi connectivity index (χ0) is 11.8. The van der Waals surface area contributed by atoms with Crippen LogP contribution in [-0.2, 0) is 6.54 Å². The van der Waals surface area contributed by atoms with Crippen molar-refractivity contribution in [3.8, 4) is 0 Å². The lowest BCUT2D eigenvalue weighted by atomic mass is 10.1. The molecule has 0 bridgehead atoms. The van der Waals surface area contributed by atoms with Crippen molar-refractivity contribution in [2.75, 3.05) is 6.54 Å². The van der Waals surface area contributed by atoms with E-state index in [0.717, 1.165) is 25.4 Å². The molecule has 0 aliphatic rings. The molecule has 0 saturated carbocycles. The Bertz CT molecular complexity index is 254. The Balaban J connectivity index is 2.00. The monoisotopic (exact) mass is 223 g/mol. The van der Waals surface area contributed by atoms with E-state index in [1.54, 1.807) is 0 Å². The first kappa shape index (κ1) is 13.2. The molecule has 3 heteroatoms. The Kier molecular flexibility index (Phi) is 6.16. The van der Waals surface area contributed by atoms with E-state index in [-0.39, 0.29) is 0 Å². The van der Waals surface area contributed by atoms with Crippen molar-refractivity contribution < 1.29 is 0 Å². The SMILES string of the molecule is CC(C)CCCNC(C)CCn1cccn1. The quantitative estimate of drug-likeness (QED) is 0.687. The van der Waals surface area contributed by atoms with Crippen LogP contribution in [0.1, 0.15) is 40.0 Å². The van der Waals surface area contributed by atoms with E-state index in [4.69, 9.17) is 0 Å². The van der Waals surface area contributed by atoms with Gasteiger partial charge in [-0.3, -0.25) is 4.68 Å². The van der Waals surface area contributed by atoms with Crippen LogP contribution in [0.15, 0.2) is 18.5 Å². The lowest BCUT2D eigenvalue weighted by Crippen LogP contribution is -2.28. The number of nitrogens with zero attached hydrogens (tertiary/aromatic N) is 2. The summed E-state index contributed by atoms with van der Waals surface area (Å²) < 4.78 is 1.99. The second kappa shape index (κ2) is 7.44. The molecule has 0 amide bonds. The molecule has 1 N–H and O–H groups in total. The highest BCUT2D eigenvalue weighted by Crippen LogP contribution is 2.02. The Morgan fingerprint density at radius 3 is 2.69 bits per heavy atom. The van der Waals surface area contributed by atoms with Gasteiger partial charge < -0.3 is 5.32 Å². The Morgan fingerprint density at radius 1 is 1.25 bits per heavy atom. The molecule has 0 fully saturated rings. The lowest BCUT2D eigenvalue weighted by molar-refractivity contribution is 0.440. The van der Waals surface area contributed by atoms with Gasteiger partial charge in [-0.25, -0.2) is 0 Å². The van der Waals surface area contributed by atoms with Crippen LogP contribution in [-0.4, -0.2) is 22.4 Å². The van der Waals surface area contributed by atoms with Gasteiger partial charge in [0.2, 0.25) is 0 Å². The molecule has 1 atom stereocenters. The van der Waals surface area contributed by atoms with Gasteiger partial charge in [0.15, 0.2) is 0 Å². The predicted molar refractivity (Wildman–Crippen MR) is 68.4 cm³/mol. The van der Waals surface area contributed by atoms with Gasteiger partial charge in [0.25, 0.3) is 0 Å². The van der Waals surface area contributed by atoms with E-state index < -0.39 is 0 Å². The van der Waals surface area contributed by atoms with Crippen molar-refractivity contribution in [3.05, 3.63) is 18.5 Å². The van der Waals surface area contributed by atoms with Gasteiger partial charge in [-0.15, -0.1) is 0 Å². The van der Waals surface area contributed by atoms with Crippen LogP contribution in [0.3, 0.4) is 0 Å². The molecule has 0 saturated heterocycles. The summed E-state index contributed by atoms with van der Waals surface area (Å²) in [6, 6.07) is 2.55. The van der Waals surface area contributed by atoms with E-state index in [9.17, 15) is 0 Å².